The van der Waals surface area contributed by atoms with Crippen molar-refractivity contribution < 1.29 is 9.53 Å². The SMILES string of the molecule is CN1CCC(CN(C)C(=O)COC(C)(C)C)CC1. The number of carbonyl (C=O) groups is 1. The fraction of sp³-hybridized carbons (Fsp3) is 0.929. The molecule has 0 bridgehead atoms. The molecule has 106 valence electrons. The van der Waals surface area contributed by atoms with Gasteiger partial charge in [0.15, 0.2) is 0 Å². The molecule has 4 nitrogen and oxygen atoms in total. The van der Waals surface area contributed by atoms with E-state index in [4.69, 9.17) is 4.74 Å². The van der Waals surface area contributed by atoms with Crippen molar-refractivity contribution in [1.82, 2.24) is 9.80 Å². The first-order valence-corrected chi connectivity index (χ1v) is 6.84. The largest absolute Gasteiger partial charge is 0.366 e. The van der Waals surface area contributed by atoms with Gasteiger partial charge in [0.25, 0.3) is 0 Å². The minimum atomic E-state index is -0.246. The van der Waals surface area contributed by atoms with Crippen LogP contribution in [0.3, 0.4) is 0 Å². The summed E-state index contributed by atoms with van der Waals surface area (Å²) in [7, 11) is 4.04. The van der Waals surface area contributed by atoms with Crippen LogP contribution in [0.25, 0.3) is 0 Å². The van der Waals surface area contributed by atoms with Gasteiger partial charge < -0.3 is 14.5 Å². The van der Waals surface area contributed by atoms with Crippen LogP contribution in [0.1, 0.15) is 33.6 Å². The van der Waals surface area contributed by atoms with E-state index in [0.717, 1.165) is 19.6 Å². The maximum atomic E-state index is 11.9. The van der Waals surface area contributed by atoms with Gasteiger partial charge in [-0.15, -0.1) is 0 Å². The molecule has 1 rings (SSSR count). The third-order valence-corrected chi connectivity index (χ3v) is 3.42. The molecular weight excluding hydrogens is 228 g/mol. The van der Waals surface area contributed by atoms with E-state index < -0.39 is 0 Å². The Morgan fingerprint density at radius 3 is 2.39 bits per heavy atom. The number of likely N-dealkylation sites (N-methyl/N-ethyl adjacent to an activating group) is 1. The molecular formula is C14H28N2O2. The number of rotatable bonds is 4. The molecule has 0 spiro atoms. The molecule has 0 N–H and O–H groups in total. The molecule has 0 aliphatic carbocycles. The van der Waals surface area contributed by atoms with Gasteiger partial charge in [0.1, 0.15) is 6.61 Å². The lowest BCUT2D eigenvalue weighted by molar-refractivity contribution is -0.140. The van der Waals surface area contributed by atoms with Gasteiger partial charge in [-0.05, 0) is 59.7 Å². The second-order valence-electron chi connectivity index (χ2n) is 6.42. The fourth-order valence-electron chi connectivity index (χ4n) is 2.12. The van der Waals surface area contributed by atoms with E-state index in [1.807, 2.05) is 32.7 Å². The Labute approximate surface area is 111 Å². The zero-order valence-corrected chi connectivity index (χ0v) is 12.5. The Morgan fingerprint density at radius 2 is 1.89 bits per heavy atom. The summed E-state index contributed by atoms with van der Waals surface area (Å²) in [5.74, 6) is 0.730. The first-order valence-electron chi connectivity index (χ1n) is 6.84. The minimum absolute atomic E-state index is 0.0869. The van der Waals surface area contributed by atoms with Gasteiger partial charge in [0.05, 0.1) is 5.60 Å². The van der Waals surface area contributed by atoms with Crippen LogP contribution in [0, 0.1) is 5.92 Å². The molecule has 4 heteroatoms. The van der Waals surface area contributed by atoms with Crippen LogP contribution in [0.4, 0.5) is 0 Å². The van der Waals surface area contributed by atoms with E-state index in [1.165, 1.54) is 12.8 Å². The molecule has 0 unspecified atom stereocenters. The summed E-state index contributed by atoms with van der Waals surface area (Å²) in [6, 6.07) is 0. The van der Waals surface area contributed by atoms with Crippen LogP contribution < -0.4 is 0 Å². The predicted molar refractivity (Wildman–Crippen MR) is 73.6 cm³/mol. The van der Waals surface area contributed by atoms with Gasteiger partial charge in [0, 0.05) is 13.6 Å². The zero-order valence-electron chi connectivity index (χ0n) is 12.5. The number of amides is 1. The molecule has 0 saturated carbocycles. The van der Waals surface area contributed by atoms with Gasteiger partial charge >= 0.3 is 0 Å². The highest BCUT2D eigenvalue weighted by Gasteiger charge is 2.21. The topological polar surface area (TPSA) is 32.8 Å². The van der Waals surface area contributed by atoms with Crippen LogP contribution in [0.5, 0.6) is 0 Å². The standard InChI is InChI=1S/C14H28N2O2/c1-14(2,3)18-11-13(17)16(5)10-12-6-8-15(4)9-7-12/h12H,6-11H2,1-5H3. The second-order valence-corrected chi connectivity index (χ2v) is 6.42. The zero-order chi connectivity index (χ0) is 13.8. The van der Waals surface area contributed by atoms with Crippen LogP contribution in [0.15, 0.2) is 0 Å². The maximum Gasteiger partial charge on any atom is 0.248 e. The molecule has 0 aromatic heterocycles. The van der Waals surface area contributed by atoms with Crippen LogP contribution in [-0.4, -0.2) is 61.6 Å². The van der Waals surface area contributed by atoms with E-state index in [-0.39, 0.29) is 18.1 Å². The second kappa shape index (κ2) is 6.53. The number of hydrogen-bond donors (Lipinski definition) is 0. The van der Waals surface area contributed by atoms with E-state index in [2.05, 4.69) is 11.9 Å². The molecule has 1 fully saturated rings. The normalized spacial score (nSPS) is 18.9. The predicted octanol–water partition coefficient (Wildman–Crippen LogP) is 1.60. The molecule has 18 heavy (non-hydrogen) atoms. The van der Waals surface area contributed by atoms with Crippen molar-refractivity contribution in [3.63, 3.8) is 0 Å². The van der Waals surface area contributed by atoms with Gasteiger partial charge in [-0.3, -0.25) is 4.79 Å². The van der Waals surface area contributed by atoms with Crippen molar-refractivity contribution in [3.05, 3.63) is 0 Å². The lowest BCUT2D eigenvalue weighted by Gasteiger charge is -2.32. The fourth-order valence-corrected chi connectivity index (χ4v) is 2.12. The van der Waals surface area contributed by atoms with E-state index in [1.54, 1.807) is 0 Å². The van der Waals surface area contributed by atoms with Crippen molar-refractivity contribution in [3.8, 4) is 0 Å². The molecule has 1 amide bonds. The average Bonchev–Trinajstić information content (AvgIpc) is 2.28. The minimum Gasteiger partial charge on any atom is -0.366 e. The molecule has 0 atom stereocenters. The third kappa shape index (κ3) is 5.83. The maximum absolute atomic E-state index is 11.9. The quantitative estimate of drug-likeness (QED) is 0.766. The van der Waals surface area contributed by atoms with E-state index in [9.17, 15) is 4.79 Å². The van der Waals surface area contributed by atoms with Gasteiger partial charge in [0.2, 0.25) is 5.91 Å². The summed E-state index contributed by atoms with van der Waals surface area (Å²) in [5.41, 5.74) is -0.246. The number of nitrogens with zero attached hydrogens (tertiary/aromatic N) is 2. The monoisotopic (exact) mass is 256 g/mol. The van der Waals surface area contributed by atoms with E-state index in [0.29, 0.717) is 5.92 Å². The molecule has 0 aromatic carbocycles. The smallest absolute Gasteiger partial charge is 0.248 e. The molecule has 1 aliphatic heterocycles. The Bertz CT molecular complexity index is 265. The van der Waals surface area contributed by atoms with Crippen molar-refractivity contribution in [2.45, 2.75) is 39.2 Å². The summed E-state index contributed by atoms with van der Waals surface area (Å²) in [6.07, 6.45) is 2.38. The lowest BCUT2D eigenvalue weighted by atomic mass is 9.97. The summed E-state index contributed by atoms with van der Waals surface area (Å²) in [4.78, 5) is 16.1. The summed E-state index contributed by atoms with van der Waals surface area (Å²) >= 11 is 0. The third-order valence-electron chi connectivity index (χ3n) is 3.42. The van der Waals surface area contributed by atoms with Crippen LogP contribution in [-0.2, 0) is 9.53 Å². The molecule has 0 radical (unpaired) electrons. The number of hydrogen-bond acceptors (Lipinski definition) is 3. The van der Waals surface area contributed by atoms with Gasteiger partial charge in [-0.25, -0.2) is 0 Å². The summed E-state index contributed by atoms with van der Waals surface area (Å²) in [5, 5.41) is 0. The van der Waals surface area contributed by atoms with Gasteiger partial charge in [-0.2, -0.15) is 0 Å². The van der Waals surface area contributed by atoms with Crippen molar-refractivity contribution in [2.24, 2.45) is 5.92 Å². The van der Waals surface area contributed by atoms with Crippen molar-refractivity contribution >= 4 is 5.91 Å². The first kappa shape index (κ1) is 15.4. The number of likely N-dealkylation sites (tertiary alicyclic amines) is 1. The summed E-state index contributed by atoms with van der Waals surface area (Å²) < 4.78 is 5.52. The highest BCUT2D eigenvalue weighted by molar-refractivity contribution is 5.77. The number of carbonyl (C=O) groups excluding carboxylic acids is 1. The van der Waals surface area contributed by atoms with Gasteiger partial charge in [-0.1, -0.05) is 0 Å². The average molecular weight is 256 g/mol. The molecule has 1 heterocycles. The molecule has 1 saturated heterocycles. The Morgan fingerprint density at radius 1 is 1.33 bits per heavy atom. The van der Waals surface area contributed by atoms with Crippen molar-refractivity contribution in [1.29, 1.82) is 0 Å². The highest BCUT2D eigenvalue weighted by Crippen LogP contribution is 2.17. The Kier molecular flexibility index (Phi) is 5.60. The highest BCUT2D eigenvalue weighted by atomic mass is 16.5. The number of piperidine rings is 1. The van der Waals surface area contributed by atoms with E-state index >= 15 is 0 Å². The van der Waals surface area contributed by atoms with Crippen LogP contribution >= 0.6 is 0 Å². The Balaban J connectivity index is 2.27. The van der Waals surface area contributed by atoms with Crippen LogP contribution in [0.2, 0.25) is 0 Å². The molecule has 1 aliphatic rings. The Hall–Kier alpha value is -0.610. The van der Waals surface area contributed by atoms with Crippen molar-refractivity contribution in [2.75, 3.05) is 40.3 Å². The number of ether oxygens (including phenoxy) is 1. The first-order chi connectivity index (χ1) is 8.28. The molecule has 0 aromatic rings. The summed E-state index contributed by atoms with van der Waals surface area (Å²) in [6.45, 7) is 9.24. The lowest BCUT2D eigenvalue weighted by Crippen LogP contribution is -2.40.